The van der Waals surface area contributed by atoms with Crippen LogP contribution in [0.1, 0.15) is 10.5 Å². The zero-order chi connectivity index (χ0) is 22.1. The molecule has 0 bridgehead atoms. The quantitative estimate of drug-likeness (QED) is 0.365. The van der Waals surface area contributed by atoms with Crippen LogP contribution in [-0.4, -0.2) is 46.8 Å². The van der Waals surface area contributed by atoms with Crippen molar-refractivity contribution in [2.24, 2.45) is 0 Å². The summed E-state index contributed by atoms with van der Waals surface area (Å²) >= 11 is 14.0. The maximum atomic E-state index is 13.6. The second kappa shape index (κ2) is 8.98. The van der Waals surface area contributed by atoms with Crippen LogP contribution in [0.25, 0.3) is 16.3 Å². The summed E-state index contributed by atoms with van der Waals surface area (Å²) in [5.41, 5.74) is 3.16. The Labute approximate surface area is 200 Å². The topological polar surface area (TPSA) is 41.4 Å². The molecular formula is C24H20Cl2N4OS. The van der Waals surface area contributed by atoms with Gasteiger partial charge in [0.05, 0.1) is 10.6 Å². The zero-order valence-corrected chi connectivity index (χ0v) is 19.4. The van der Waals surface area contributed by atoms with Crippen LogP contribution in [0.3, 0.4) is 0 Å². The van der Waals surface area contributed by atoms with Gasteiger partial charge in [-0.3, -0.25) is 4.79 Å². The summed E-state index contributed by atoms with van der Waals surface area (Å²) in [6, 6.07) is 21.1. The second-order valence-electron chi connectivity index (χ2n) is 7.54. The van der Waals surface area contributed by atoms with E-state index in [-0.39, 0.29) is 5.91 Å². The van der Waals surface area contributed by atoms with E-state index < -0.39 is 0 Å². The van der Waals surface area contributed by atoms with Crippen LogP contribution in [-0.2, 0) is 0 Å². The fourth-order valence-electron chi connectivity index (χ4n) is 3.89. The Morgan fingerprint density at radius 3 is 2.19 bits per heavy atom. The monoisotopic (exact) mass is 482 g/mol. The summed E-state index contributed by atoms with van der Waals surface area (Å²) in [5.74, 6) is -0.0361. The van der Waals surface area contributed by atoms with Gasteiger partial charge in [-0.2, -0.15) is 5.10 Å². The first kappa shape index (κ1) is 21.1. The van der Waals surface area contributed by atoms with Gasteiger partial charge in [-0.05, 0) is 53.9 Å². The number of piperazine rings is 1. The Hall–Kier alpha value is -2.80. The number of thiophene rings is 1. The van der Waals surface area contributed by atoms with Crippen molar-refractivity contribution >= 4 is 46.1 Å². The molecule has 0 unspecified atom stereocenters. The van der Waals surface area contributed by atoms with Crippen LogP contribution >= 0.6 is 34.5 Å². The molecule has 5 nitrogen and oxygen atoms in total. The van der Waals surface area contributed by atoms with Crippen molar-refractivity contribution in [3.05, 3.63) is 87.8 Å². The van der Waals surface area contributed by atoms with E-state index in [0.29, 0.717) is 28.8 Å². The number of rotatable bonds is 4. The summed E-state index contributed by atoms with van der Waals surface area (Å²) in [7, 11) is 0. The number of carbonyl (C=O) groups is 1. The lowest BCUT2D eigenvalue weighted by molar-refractivity contribution is 0.0737. The van der Waals surface area contributed by atoms with Gasteiger partial charge in [0.2, 0.25) is 0 Å². The molecule has 8 heteroatoms. The van der Waals surface area contributed by atoms with Gasteiger partial charge in [0.1, 0.15) is 11.4 Å². The van der Waals surface area contributed by atoms with Crippen LogP contribution < -0.4 is 4.90 Å². The number of hydrogen-bond donors (Lipinski definition) is 0. The van der Waals surface area contributed by atoms with Gasteiger partial charge < -0.3 is 9.80 Å². The average Bonchev–Trinajstić information content (AvgIpc) is 3.49. The van der Waals surface area contributed by atoms with Crippen LogP contribution in [0, 0.1) is 0 Å². The predicted molar refractivity (Wildman–Crippen MR) is 131 cm³/mol. The van der Waals surface area contributed by atoms with E-state index in [9.17, 15) is 4.79 Å². The van der Waals surface area contributed by atoms with Crippen molar-refractivity contribution in [3.63, 3.8) is 0 Å². The maximum Gasteiger partial charge on any atom is 0.272 e. The summed E-state index contributed by atoms with van der Waals surface area (Å²) in [5, 5.41) is 8.07. The second-order valence-corrected chi connectivity index (χ2v) is 9.36. The largest absolute Gasteiger partial charge is 0.368 e. The van der Waals surface area contributed by atoms with Crippen molar-refractivity contribution in [2.45, 2.75) is 0 Å². The standard InChI is InChI=1S/C24H20Cl2N4OS/c25-17-4-1-6-19(14-17)28-9-11-29(12-10-28)24(31)22-16-21(23-8-3-13-32-23)27-30(22)20-7-2-5-18(26)15-20/h1-8,13-16H,9-12H2. The molecule has 4 aromatic rings. The molecule has 1 amide bonds. The minimum absolute atomic E-state index is 0.0361. The Morgan fingerprint density at radius 1 is 0.844 bits per heavy atom. The van der Waals surface area contributed by atoms with Crippen LogP contribution in [0.15, 0.2) is 72.1 Å². The van der Waals surface area contributed by atoms with Gasteiger partial charge in [-0.15, -0.1) is 11.3 Å². The SMILES string of the molecule is O=C(c1cc(-c2cccs2)nn1-c1cccc(Cl)c1)N1CCN(c2cccc(Cl)c2)CC1. The molecule has 0 aliphatic carbocycles. The molecular weight excluding hydrogens is 463 g/mol. The molecule has 1 saturated heterocycles. The van der Waals surface area contributed by atoms with Crippen molar-refractivity contribution in [2.75, 3.05) is 31.1 Å². The molecule has 2 aromatic carbocycles. The number of aromatic nitrogens is 2. The Kier molecular flexibility index (Phi) is 5.91. The van der Waals surface area contributed by atoms with Crippen LogP contribution in [0.2, 0.25) is 10.0 Å². The molecule has 5 rings (SSSR count). The first-order valence-electron chi connectivity index (χ1n) is 10.3. The molecule has 32 heavy (non-hydrogen) atoms. The van der Waals surface area contributed by atoms with Crippen LogP contribution in [0.4, 0.5) is 5.69 Å². The molecule has 0 spiro atoms. The van der Waals surface area contributed by atoms with E-state index in [1.165, 1.54) is 0 Å². The highest BCUT2D eigenvalue weighted by Gasteiger charge is 2.26. The number of carbonyl (C=O) groups excluding carboxylic acids is 1. The average molecular weight is 483 g/mol. The third-order valence-corrected chi connectivity index (χ3v) is 6.86. The molecule has 162 valence electrons. The lowest BCUT2D eigenvalue weighted by Crippen LogP contribution is -2.49. The van der Waals surface area contributed by atoms with Gasteiger partial charge in [0.25, 0.3) is 5.91 Å². The van der Waals surface area contributed by atoms with E-state index in [1.54, 1.807) is 16.0 Å². The third-order valence-electron chi connectivity index (χ3n) is 5.50. The van der Waals surface area contributed by atoms with E-state index in [4.69, 9.17) is 28.3 Å². The van der Waals surface area contributed by atoms with E-state index in [0.717, 1.165) is 35.0 Å². The van der Waals surface area contributed by atoms with Gasteiger partial charge in [0.15, 0.2) is 0 Å². The van der Waals surface area contributed by atoms with Gasteiger partial charge in [-0.1, -0.05) is 41.4 Å². The van der Waals surface area contributed by atoms with Gasteiger partial charge in [-0.25, -0.2) is 4.68 Å². The number of benzene rings is 2. The van der Waals surface area contributed by atoms with Crippen molar-refractivity contribution in [1.82, 2.24) is 14.7 Å². The van der Waals surface area contributed by atoms with Crippen LogP contribution in [0.5, 0.6) is 0 Å². The molecule has 0 atom stereocenters. The van der Waals surface area contributed by atoms with Gasteiger partial charge in [0, 0.05) is 41.9 Å². The van der Waals surface area contributed by atoms with E-state index in [1.807, 2.05) is 77.0 Å². The molecule has 0 saturated carbocycles. The smallest absolute Gasteiger partial charge is 0.272 e. The number of hydrogen-bond acceptors (Lipinski definition) is 4. The number of amides is 1. The first-order chi connectivity index (χ1) is 15.6. The molecule has 1 aliphatic heterocycles. The lowest BCUT2D eigenvalue weighted by Gasteiger charge is -2.36. The molecule has 3 heterocycles. The molecule has 2 aromatic heterocycles. The predicted octanol–water partition coefficient (Wildman–Crippen LogP) is 5.87. The molecule has 1 aliphatic rings. The summed E-state index contributed by atoms with van der Waals surface area (Å²) in [6.07, 6.45) is 0. The van der Waals surface area contributed by atoms with Gasteiger partial charge >= 0.3 is 0 Å². The summed E-state index contributed by atoms with van der Waals surface area (Å²) in [6.45, 7) is 2.74. The van der Waals surface area contributed by atoms with Crippen molar-refractivity contribution < 1.29 is 4.79 Å². The highest BCUT2D eigenvalue weighted by molar-refractivity contribution is 7.13. The van der Waals surface area contributed by atoms with Crippen molar-refractivity contribution in [1.29, 1.82) is 0 Å². The number of halogens is 2. The summed E-state index contributed by atoms with van der Waals surface area (Å²) in [4.78, 5) is 18.7. The normalized spacial score (nSPS) is 14.1. The Bertz CT molecular complexity index is 1250. The lowest BCUT2D eigenvalue weighted by atomic mass is 10.2. The molecule has 0 N–H and O–H groups in total. The van der Waals surface area contributed by atoms with E-state index >= 15 is 0 Å². The Balaban J connectivity index is 1.42. The number of anilines is 1. The molecule has 1 fully saturated rings. The van der Waals surface area contributed by atoms with Crippen molar-refractivity contribution in [3.8, 4) is 16.3 Å². The van der Waals surface area contributed by atoms with E-state index in [2.05, 4.69) is 4.90 Å². The third kappa shape index (κ3) is 4.26. The minimum atomic E-state index is -0.0361. The highest BCUT2D eigenvalue weighted by Crippen LogP contribution is 2.28. The fourth-order valence-corrected chi connectivity index (χ4v) is 4.94. The minimum Gasteiger partial charge on any atom is -0.368 e. The Morgan fingerprint density at radius 2 is 1.53 bits per heavy atom. The summed E-state index contributed by atoms with van der Waals surface area (Å²) < 4.78 is 1.70. The maximum absolute atomic E-state index is 13.6. The number of nitrogens with zero attached hydrogens (tertiary/aromatic N) is 4. The first-order valence-corrected chi connectivity index (χ1v) is 11.9. The zero-order valence-electron chi connectivity index (χ0n) is 17.1. The fraction of sp³-hybridized carbons (Fsp3) is 0.167. The highest BCUT2D eigenvalue weighted by atomic mass is 35.5. The molecule has 0 radical (unpaired) electrons.